The van der Waals surface area contributed by atoms with Crippen molar-refractivity contribution >= 4 is 37.5 Å². The summed E-state index contributed by atoms with van der Waals surface area (Å²) in [5.74, 6) is -6.79. The minimum atomic E-state index is -3.65. The topological polar surface area (TPSA) is 317 Å². The largest absolute Gasteiger partial charge is 0.420 e. The lowest BCUT2D eigenvalue weighted by Crippen LogP contribution is -2.34. The molecule has 31 heteroatoms. The van der Waals surface area contributed by atoms with Crippen molar-refractivity contribution in [3.8, 4) is 28.7 Å². The van der Waals surface area contributed by atoms with Crippen molar-refractivity contribution in [1.29, 1.82) is 0 Å². The van der Waals surface area contributed by atoms with E-state index in [-0.39, 0.29) is 88.3 Å². The maximum Gasteiger partial charge on any atom is 0.335 e. The highest BCUT2D eigenvalue weighted by Crippen LogP contribution is 2.27. The molecule has 0 fully saturated rings. The van der Waals surface area contributed by atoms with Crippen LogP contribution in [0.15, 0.2) is 73.9 Å². The van der Waals surface area contributed by atoms with Gasteiger partial charge in [-0.2, -0.15) is 4.39 Å². The molecule has 2 heterocycles. The zero-order valence-electron chi connectivity index (χ0n) is 46.1. The van der Waals surface area contributed by atoms with Gasteiger partial charge in [-0.25, -0.2) is 25.6 Å². The highest BCUT2D eigenvalue weighted by atomic mass is 32.2. The fourth-order valence-corrected chi connectivity index (χ4v) is 7.65. The predicted molar refractivity (Wildman–Crippen MR) is 285 cm³/mol. The van der Waals surface area contributed by atoms with Gasteiger partial charge in [-0.05, 0) is 67.1 Å². The predicted octanol–water partition coefficient (Wildman–Crippen LogP) is 2.93. The lowest BCUT2D eigenvalue weighted by molar-refractivity contribution is -0.136. The second-order valence-corrected chi connectivity index (χ2v) is 21.5. The molecule has 0 atom stereocenters. The number of sulfone groups is 2. The summed E-state index contributed by atoms with van der Waals surface area (Å²) in [4.78, 5) is 39.2. The summed E-state index contributed by atoms with van der Waals surface area (Å²) in [6, 6.07) is 13.1. The van der Waals surface area contributed by atoms with Crippen molar-refractivity contribution in [2.24, 2.45) is 0 Å². The SMILES string of the molecule is Cc1cc(F)c(F)c(OC(=O)CCOCCOCCOCCN(CCOCCOCCOCCNC(=O)c2ccc(-c3nnc(S(C)(=O)=O)o3)cc2)CCOCCOCCOCCNC(=O)c2ccc(-c3nnc(S(C)(=O)=O)o3)cc2)c1F. The third-order valence-electron chi connectivity index (χ3n) is 11.2. The van der Waals surface area contributed by atoms with Gasteiger partial charge in [0.05, 0.1) is 125 Å². The first-order chi connectivity index (χ1) is 39.9. The van der Waals surface area contributed by atoms with Crippen molar-refractivity contribution in [2.45, 2.75) is 23.8 Å². The smallest absolute Gasteiger partial charge is 0.335 e. The van der Waals surface area contributed by atoms with Crippen LogP contribution in [-0.2, 0) is 67.1 Å². The summed E-state index contributed by atoms with van der Waals surface area (Å²) < 4.78 is 154. The number of hydrogen-bond donors (Lipinski definition) is 2. The molecule has 83 heavy (non-hydrogen) atoms. The quantitative estimate of drug-likeness (QED) is 0.0245. The molecule has 5 rings (SSSR count). The second-order valence-electron chi connectivity index (χ2n) is 17.7. The van der Waals surface area contributed by atoms with Crippen LogP contribution >= 0.6 is 0 Å². The molecule has 0 radical (unpaired) electrons. The van der Waals surface area contributed by atoms with Crippen molar-refractivity contribution in [3.63, 3.8) is 0 Å². The van der Waals surface area contributed by atoms with Crippen LogP contribution in [-0.4, -0.2) is 224 Å². The summed E-state index contributed by atoms with van der Waals surface area (Å²) in [5, 5.41) is 19.0. The first-order valence-corrected chi connectivity index (χ1v) is 29.8. The Morgan fingerprint density at radius 3 is 1.20 bits per heavy atom. The Labute approximate surface area is 477 Å². The van der Waals surface area contributed by atoms with Crippen LogP contribution in [0.5, 0.6) is 5.75 Å². The van der Waals surface area contributed by atoms with Gasteiger partial charge in [0, 0.05) is 67.5 Å². The van der Waals surface area contributed by atoms with Crippen LogP contribution in [0.25, 0.3) is 22.9 Å². The van der Waals surface area contributed by atoms with Gasteiger partial charge in [-0.3, -0.25) is 19.3 Å². The number of aryl methyl sites for hydroxylation is 1. The highest BCUT2D eigenvalue weighted by Gasteiger charge is 2.22. The number of esters is 1. The van der Waals surface area contributed by atoms with Crippen molar-refractivity contribution < 1.29 is 101 Å². The van der Waals surface area contributed by atoms with E-state index in [1.54, 1.807) is 48.5 Å². The van der Waals surface area contributed by atoms with E-state index in [4.69, 9.17) is 51.5 Å². The number of nitrogens with one attached hydrogen (secondary N) is 2. The maximum absolute atomic E-state index is 14.1. The Balaban J connectivity index is 0.884. The van der Waals surface area contributed by atoms with Crippen molar-refractivity contribution in [3.05, 3.63) is 88.7 Å². The Hall–Kier alpha value is -6.36. The summed E-state index contributed by atoms with van der Waals surface area (Å²) in [6.07, 6.45) is 1.59. The van der Waals surface area contributed by atoms with Crippen LogP contribution in [0.1, 0.15) is 32.7 Å². The molecule has 0 bridgehead atoms. The molecule has 458 valence electrons. The monoisotopic (exact) mass is 1220 g/mol. The van der Waals surface area contributed by atoms with Gasteiger partial charge in [-0.1, -0.05) is 10.2 Å². The van der Waals surface area contributed by atoms with E-state index in [0.717, 1.165) is 12.5 Å². The number of benzene rings is 3. The first-order valence-electron chi connectivity index (χ1n) is 26.0. The fourth-order valence-electron chi connectivity index (χ4n) is 6.81. The number of rotatable bonds is 43. The van der Waals surface area contributed by atoms with Crippen LogP contribution in [0.3, 0.4) is 0 Å². The summed E-state index contributed by atoms with van der Waals surface area (Å²) >= 11 is 0. The van der Waals surface area contributed by atoms with Gasteiger partial charge in [0.15, 0.2) is 11.6 Å². The Kier molecular flexibility index (Phi) is 29.5. The van der Waals surface area contributed by atoms with Crippen LogP contribution in [0, 0.1) is 24.4 Å². The molecule has 0 saturated heterocycles. The van der Waals surface area contributed by atoms with Gasteiger partial charge in [0.2, 0.25) is 43.0 Å². The van der Waals surface area contributed by atoms with Gasteiger partial charge in [-0.15, -0.1) is 10.2 Å². The Morgan fingerprint density at radius 2 is 0.843 bits per heavy atom. The van der Waals surface area contributed by atoms with E-state index in [1.807, 2.05) is 0 Å². The number of halogens is 3. The molecule has 2 aromatic heterocycles. The molecule has 0 aliphatic heterocycles. The standard InChI is InChI=1S/C52H68F3N7O19S2/c1-37-36-42(53)45(55)46(44(37)54)79-43(63)12-18-70-24-30-76-33-27-73-21-15-62(16-22-74-28-34-77-31-25-71-19-13-56-47(64)38-4-8-40(9-5-38)49-58-60-51(80-49)82(2,66)67)17-23-75-29-35-78-32-26-72-20-14-57-48(65)39-6-10-41(11-7-39)50-59-61-52(81-50)83(3,68)69/h4-11,36H,12-35H2,1-3H3,(H,56,64)(H,57,65). The minimum Gasteiger partial charge on any atom is -0.420 e. The summed E-state index contributed by atoms with van der Waals surface area (Å²) in [6.45, 7) is 8.47. The lowest BCUT2D eigenvalue weighted by Gasteiger charge is -2.22. The summed E-state index contributed by atoms with van der Waals surface area (Å²) in [5.41, 5.74) is 1.45. The number of carbonyl (C=O) groups excluding carboxylic acids is 3. The van der Waals surface area contributed by atoms with Crippen LogP contribution in [0.2, 0.25) is 0 Å². The third kappa shape index (κ3) is 25.2. The molecule has 0 spiro atoms. The number of carbonyl (C=O) groups is 3. The minimum absolute atomic E-state index is 0.0124. The molecule has 0 unspecified atom stereocenters. The van der Waals surface area contributed by atoms with Crippen molar-refractivity contribution in [2.75, 3.05) is 164 Å². The zero-order valence-corrected chi connectivity index (χ0v) is 47.7. The number of hydrogen-bond acceptors (Lipinski definition) is 24. The van der Waals surface area contributed by atoms with E-state index in [2.05, 4.69) is 40.7 Å². The molecule has 2 amide bonds. The van der Waals surface area contributed by atoms with E-state index in [0.29, 0.717) is 127 Å². The number of amides is 2. The zero-order chi connectivity index (χ0) is 59.9. The first kappa shape index (κ1) is 67.4. The molecular weight excluding hydrogens is 1150 g/mol. The maximum atomic E-state index is 14.1. The van der Waals surface area contributed by atoms with Gasteiger partial charge >= 0.3 is 16.4 Å². The van der Waals surface area contributed by atoms with E-state index >= 15 is 0 Å². The molecular formula is C52H68F3N7O19S2. The number of ether oxygens (including phenoxy) is 10. The average molecular weight is 1220 g/mol. The van der Waals surface area contributed by atoms with E-state index in [9.17, 15) is 44.4 Å². The van der Waals surface area contributed by atoms with Crippen LogP contribution < -0.4 is 15.4 Å². The van der Waals surface area contributed by atoms with Gasteiger partial charge in [0.25, 0.3) is 11.8 Å². The molecule has 0 aliphatic rings. The molecule has 0 aliphatic carbocycles. The molecule has 3 aromatic carbocycles. The van der Waals surface area contributed by atoms with Gasteiger partial charge < -0.3 is 66.8 Å². The lowest BCUT2D eigenvalue weighted by atomic mass is 10.1. The Bertz CT molecular complexity index is 2820. The molecule has 5 aromatic rings. The number of nitrogens with zero attached hydrogens (tertiary/aromatic N) is 5. The Morgan fingerprint density at radius 1 is 0.494 bits per heavy atom. The van der Waals surface area contributed by atoms with E-state index < -0.39 is 59.3 Å². The normalized spacial score (nSPS) is 11.8. The fraction of sp³-hybridized carbons (Fsp3) is 0.519. The third-order valence-corrected chi connectivity index (χ3v) is 12.7. The summed E-state index contributed by atoms with van der Waals surface area (Å²) in [7, 11) is -7.30. The molecule has 0 saturated carbocycles. The molecule has 2 N–H and O–H groups in total. The second kappa shape index (κ2) is 36.4. The van der Waals surface area contributed by atoms with E-state index in [1.165, 1.54) is 6.92 Å². The average Bonchev–Trinajstić information content (AvgIpc) is 4.20. The van der Waals surface area contributed by atoms with Crippen molar-refractivity contribution in [1.82, 2.24) is 35.9 Å². The van der Waals surface area contributed by atoms with Gasteiger partial charge in [0.1, 0.15) is 0 Å². The van der Waals surface area contributed by atoms with Crippen LogP contribution in [0.4, 0.5) is 13.2 Å². The number of aromatic nitrogens is 4. The molecule has 26 nitrogen and oxygen atoms in total. The highest BCUT2D eigenvalue weighted by molar-refractivity contribution is 7.90.